The van der Waals surface area contributed by atoms with Crippen LogP contribution < -0.4 is 15.9 Å². The molecule has 28 heavy (non-hydrogen) atoms. The van der Waals surface area contributed by atoms with Crippen molar-refractivity contribution in [2.45, 2.75) is 26.9 Å². The van der Waals surface area contributed by atoms with Gasteiger partial charge in [-0.2, -0.15) is 4.98 Å². The smallest absolute Gasteiger partial charge is 0.223 e. The van der Waals surface area contributed by atoms with Crippen molar-refractivity contribution in [3.05, 3.63) is 50.2 Å². The second kappa shape index (κ2) is 7.73. The molecule has 0 saturated carbocycles. The van der Waals surface area contributed by atoms with Gasteiger partial charge in [-0.1, -0.05) is 11.6 Å². The molecule has 0 aliphatic carbocycles. The Hall–Kier alpha value is -2.71. The first-order valence-corrected chi connectivity index (χ1v) is 9.09. The number of nitrogen functional groups attached to an aromatic ring is 1. The van der Waals surface area contributed by atoms with Gasteiger partial charge in [0.15, 0.2) is 11.1 Å². The van der Waals surface area contributed by atoms with E-state index in [4.69, 9.17) is 22.1 Å². The van der Waals surface area contributed by atoms with Crippen molar-refractivity contribution in [1.29, 1.82) is 0 Å². The van der Waals surface area contributed by atoms with E-state index in [1.54, 1.807) is 19.5 Å². The molecule has 0 amide bonds. The number of methoxy groups -OCH3 is 1. The third-order valence-corrected chi connectivity index (χ3v) is 4.80. The highest BCUT2D eigenvalue weighted by Gasteiger charge is 2.18. The number of hydrogen-bond acceptors (Lipinski definition) is 7. The van der Waals surface area contributed by atoms with Gasteiger partial charge in [-0.05, 0) is 27.9 Å². The van der Waals surface area contributed by atoms with E-state index in [2.05, 4.69) is 15.0 Å². The lowest BCUT2D eigenvalue weighted by Crippen LogP contribution is -2.23. The lowest BCUT2D eigenvalue weighted by molar-refractivity contribution is 0.400. The molecule has 0 radical (unpaired) electrons. The zero-order chi connectivity index (χ0) is 20.6. The van der Waals surface area contributed by atoms with Crippen LogP contribution in [-0.2, 0) is 13.1 Å². The number of anilines is 1. The van der Waals surface area contributed by atoms with Crippen LogP contribution in [0, 0.1) is 13.8 Å². The molecule has 3 aromatic heterocycles. The Morgan fingerprint density at radius 2 is 2.00 bits per heavy atom. The number of aryl methyl sites for hydroxylation is 1. The first kappa shape index (κ1) is 20.0. The van der Waals surface area contributed by atoms with Crippen LogP contribution >= 0.6 is 11.6 Å². The molecule has 0 atom stereocenters. The fourth-order valence-corrected chi connectivity index (χ4v) is 3.53. The molecule has 0 fully saturated rings. The maximum atomic E-state index is 12.9. The quantitative estimate of drug-likeness (QED) is 0.652. The molecular formula is C19H23ClN6O2. The van der Waals surface area contributed by atoms with Gasteiger partial charge in [0.05, 0.1) is 19.3 Å². The van der Waals surface area contributed by atoms with Gasteiger partial charge < -0.3 is 19.9 Å². The van der Waals surface area contributed by atoms with Crippen LogP contribution in [0.3, 0.4) is 0 Å². The van der Waals surface area contributed by atoms with Crippen molar-refractivity contribution >= 4 is 28.6 Å². The first-order chi connectivity index (χ1) is 13.2. The summed E-state index contributed by atoms with van der Waals surface area (Å²) in [4.78, 5) is 27.6. The molecule has 2 N–H and O–H groups in total. The Morgan fingerprint density at radius 1 is 1.29 bits per heavy atom. The van der Waals surface area contributed by atoms with Gasteiger partial charge in [0.2, 0.25) is 5.95 Å². The second-order valence-corrected chi connectivity index (χ2v) is 7.32. The number of fused-ring (bicyclic) bond motifs is 1. The summed E-state index contributed by atoms with van der Waals surface area (Å²) in [6.07, 6.45) is 3.55. The van der Waals surface area contributed by atoms with Crippen molar-refractivity contribution in [2.24, 2.45) is 0 Å². The molecule has 3 heterocycles. The minimum absolute atomic E-state index is 0.0113. The monoisotopic (exact) mass is 402 g/mol. The number of aromatic nitrogens is 4. The summed E-state index contributed by atoms with van der Waals surface area (Å²) in [5, 5.41) is 0.306. The van der Waals surface area contributed by atoms with Gasteiger partial charge in [-0.3, -0.25) is 9.78 Å². The third kappa shape index (κ3) is 3.65. The average molecular weight is 403 g/mol. The van der Waals surface area contributed by atoms with E-state index in [0.29, 0.717) is 24.3 Å². The lowest BCUT2D eigenvalue weighted by atomic mass is 10.1. The van der Waals surface area contributed by atoms with Crippen LogP contribution in [0.5, 0.6) is 5.75 Å². The van der Waals surface area contributed by atoms with E-state index in [1.165, 1.54) is 0 Å². The Labute approximate surface area is 167 Å². The van der Waals surface area contributed by atoms with Gasteiger partial charge in [-0.15, -0.1) is 0 Å². The molecule has 0 aliphatic heterocycles. The molecule has 8 nitrogen and oxygen atoms in total. The summed E-state index contributed by atoms with van der Waals surface area (Å²) in [6.45, 7) is 4.74. The molecular weight excluding hydrogens is 380 g/mol. The number of nitrogens with two attached hydrogens (primary N) is 1. The van der Waals surface area contributed by atoms with E-state index in [1.807, 2.05) is 37.4 Å². The number of hydrogen-bond donors (Lipinski definition) is 1. The molecule has 3 aromatic rings. The largest absolute Gasteiger partial charge is 0.496 e. The maximum Gasteiger partial charge on any atom is 0.223 e. The molecule has 0 unspecified atom stereocenters. The Kier molecular flexibility index (Phi) is 5.53. The summed E-state index contributed by atoms with van der Waals surface area (Å²) in [6, 6.07) is 0. The summed E-state index contributed by atoms with van der Waals surface area (Å²) in [5.41, 5.74) is 9.24. The SMILES string of the molecule is COc1c(C)cnc(Cn2cc(CN(C)C)c(=O)c3c(Cl)nc(N)nc32)c1C. The molecule has 148 valence electrons. The van der Waals surface area contributed by atoms with Crippen LogP contribution in [0.4, 0.5) is 5.95 Å². The van der Waals surface area contributed by atoms with Crippen molar-refractivity contribution in [3.8, 4) is 5.75 Å². The van der Waals surface area contributed by atoms with Gasteiger partial charge in [0.1, 0.15) is 16.3 Å². The molecule has 0 bridgehead atoms. The number of pyridine rings is 2. The number of rotatable bonds is 5. The number of halogens is 1. The molecule has 0 saturated heterocycles. The lowest BCUT2D eigenvalue weighted by Gasteiger charge is -2.17. The van der Waals surface area contributed by atoms with Gasteiger partial charge in [0.25, 0.3) is 0 Å². The number of nitrogens with zero attached hydrogens (tertiary/aromatic N) is 5. The summed E-state index contributed by atoms with van der Waals surface area (Å²) < 4.78 is 7.34. The molecule has 3 rings (SSSR count). The topological polar surface area (TPSA) is 99.2 Å². The zero-order valence-corrected chi connectivity index (χ0v) is 17.3. The van der Waals surface area contributed by atoms with E-state index >= 15 is 0 Å². The number of ether oxygens (including phenoxy) is 1. The van der Waals surface area contributed by atoms with Gasteiger partial charge in [0, 0.05) is 35.6 Å². The van der Waals surface area contributed by atoms with Crippen LogP contribution in [0.25, 0.3) is 11.0 Å². The predicted molar refractivity (Wildman–Crippen MR) is 110 cm³/mol. The van der Waals surface area contributed by atoms with Crippen molar-refractivity contribution in [2.75, 3.05) is 26.9 Å². The second-order valence-electron chi connectivity index (χ2n) is 6.97. The van der Waals surface area contributed by atoms with E-state index in [9.17, 15) is 4.79 Å². The highest BCUT2D eigenvalue weighted by molar-refractivity contribution is 6.34. The zero-order valence-electron chi connectivity index (χ0n) is 16.6. The summed E-state index contributed by atoms with van der Waals surface area (Å²) in [5.74, 6) is 0.799. The van der Waals surface area contributed by atoms with Crippen molar-refractivity contribution in [3.63, 3.8) is 0 Å². The van der Waals surface area contributed by atoms with Gasteiger partial charge in [-0.25, -0.2) is 4.98 Å². The van der Waals surface area contributed by atoms with E-state index in [-0.39, 0.29) is 21.9 Å². The fourth-order valence-electron chi connectivity index (χ4n) is 3.28. The van der Waals surface area contributed by atoms with Crippen molar-refractivity contribution in [1.82, 2.24) is 24.4 Å². The Balaban J connectivity index is 2.25. The summed E-state index contributed by atoms with van der Waals surface area (Å²) in [7, 11) is 5.42. The molecule has 0 aromatic carbocycles. The van der Waals surface area contributed by atoms with Crippen LogP contribution in [-0.4, -0.2) is 45.6 Å². The Morgan fingerprint density at radius 3 is 2.64 bits per heavy atom. The molecule has 9 heteroatoms. The minimum atomic E-state index is -0.198. The highest BCUT2D eigenvalue weighted by atomic mass is 35.5. The predicted octanol–water partition coefficient (Wildman–Crippen LogP) is 2.16. The summed E-state index contributed by atoms with van der Waals surface area (Å²) >= 11 is 6.26. The highest BCUT2D eigenvalue weighted by Crippen LogP contribution is 2.26. The van der Waals surface area contributed by atoms with E-state index < -0.39 is 0 Å². The molecule has 0 spiro atoms. The standard InChI is InChI=1S/C19H23ClN6O2/c1-10-6-22-13(11(2)16(10)28-5)9-26-8-12(7-25(3)4)15(27)14-17(20)23-19(21)24-18(14)26/h6,8H,7,9H2,1-5H3,(H2,21,23,24). The third-order valence-electron chi connectivity index (χ3n) is 4.52. The van der Waals surface area contributed by atoms with Crippen LogP contribution in [0.1, 0.15) is 22.4 Å². The van der Waals surface area contributed by atoms with Crippen LogP contribution in [0.15, 0.2) is 17.2 Å². The van der Waals surface area contributed by atoms with Crippen molar-refractivity contribution < 1.29 is 4.74 Å². The fraction of sp³-hybridized carbons (Fsp3) is 0.368. The average Bonchev–Trinajstić information content (AvgIpc) is 2.60. The first-order valence-electron chi connectivity index (χ1n) is 8.71. The minimum Gasteiger partial charge on any atom is -0.496 e. The van der Waals surface area contributed by atoms with Crippen LogP contribution in [0.2, 0.25) is 5.15 Å². The Bertz CT molecular complexity index is 1110. The van der Waals surface area contributed by atoms with E-state index in [0.717, 1.165) is 22.6 Å². The van der Waals surface area contributed by atoms with Gasteiger partial charge >= 0.3 is 0 Å². The maximum absolute atomic E-state index is 12.9. The molecule has 0 aliphatic rings. The normalized spacial score (nSPS) is 11.4.